The van der Waals surface area contributed by atoms with E-state index in [1.165, 1.54) is 0 Å². The molecule has 0 aromatic carbocycles. The van der Waals surface area contributed by atoms with E-state index in [0.717, 1.165) is 25.7 Å². The summed E-state index contributed by atoms with van der Waals surface area (Å²) in [5.74, 6) is 0. The Labute approximate surface area is 68.8 Å². The third kappa shape index (κ3) is 1.94. The second kappa shape index (κ2) is 3.11. The van der Waals surface area contributed by atoms with Crippen LogP contribution in [-0.2, 0) is 0 Å². The lowest BCUT2D eigenvalue weighted by Crippen LogP contribution is -2.38. The Balaban J connectivity index is 2.48. The molecule has 0 amide bonds. The molecular formula is C9H19NO. The molecule has 1 rings (SSSR count). The fraction of sp³-hybridized carbons (Fsp3) is 1.00. The number of aliphatic hydroxyl groups excluding tert-OH is 1. The molecule has 1 aliphatic rings. The van der Waals surface area contributed by atoms with Crippen molar-refractivity contribution in [3.05, 3.63) is 0 Å². The molecule has 1 aliphatic carbocycles. The monoisotopic (exact) mass is 157 g/mol. The summed E-state index contributed by atoms with van der Waals surface area (Å²) in [5, 5.41) is 9.48. The summed E-state index contributed by atoms with van der Waals surface area (Å²) in [5.41, 5.74) is 5.91. The van der Waals surface area contributed by atoms with E-state index in [4.69, 9.17) is 5.73 Å². The van der Waals surface area contributed by atoms with Crippen LogP contribution in [0.1, 0.15) is 39.5 Å². The predicted molar refractivity (Wildman–Crippen MR) is 46.2 cm³/mol. The zero-order valence-corrected chi connectivity index (χ0v) is 7.51. The summed E-state index contributed by atoms with van der Waals surface area (Å²) in [4.78, 5) is 0. The molecule has 0 saturated heterocycles. The van der Waals surface area contributed by atoms with Crippen LogP contribution < -0.4 is 5.73 Å². The molecule has 0 heterocycles. The molecule has 1 saturated carbocycles. The van der Waals surface area contributed by atoms with Gasteiger partial charge in [-0.25, -0.2) is 0 Å². The van der Waals surface area contributed by atoms with Gasteiger partial charge in [0, 0.05) is 6.04 Å². The summed E-state index contributed by atoms with van der Waals surface area (Å²) >= 11 is 0. The third-order valence-electron chi connectivity index (χ3n) is 3.18. The van der Waals surface area contributed by atoms with Crippen molar-refractivity contribution >= 4 is 0 Å². The highest BCUT2D eigenvalue weighted by Crippen LogP contribution is 2.38. The number of rotatable bonds is 1. The summed E-state index contributed by atoms with van der Waals surface area (Å²) < 4.78 is 0. The Morgan fingerprint density at radius 2 is 1.91 bits per heavy atom. The molecule has 0 aromatic heterocycles. The molecule has 0 radical (unpaired) electrons. The maximum atomic E-state index is 9.48. The largest absolute Gasteiger partial charge is 0.393 e. The number of nitrogens with two attached hydrogens (primary N) is 1. The van der Waals surface area contributed by atoms with Crippen molar-refractivity contribution in [2.45, 2.75) is 51.7 Å². The molecule has 0 spiro atoms. The van der Waals surface area contributed by atoms with Crippen LogP contribution in [0.25, 0.3) is 0 Å². The molecule has 2 nitrogen and oxygen atoms in total. The molecular weight excluding hydrogens is 138 g/mol. The summed E-state index contributed by atoms with van der Waals surface area (Å²) in [6.07, 6.45) is 4.11. The third-order valence-corrected chi connectivity index (χ3v) is 3.18. The average molecular weight is 157 g/mol. The first kappa shape index (κ1) is 9.01. The van der Waals surface area contributed by atoms with Crippen molar-refractivity contribution in [1.82, 2.24) is 0 Å². The van der Waals surface area contributed by atoms with Gasteiger partial charge in [-0.2, -0.15) is 0 Å². The van der Waals surface area contributed by atoms with Crippen LogP contribution in [0.15, 0.2) is 0 Å². The molecule has 1 atom stereocenters. The van der Waals surface area contributed by atoms with Crippen molar-refractivity contribution in [1.29, 1.82) is 0 Å². The van der Waals surface area contributed by atoms with Gasteiger partial charge in [0.25, 0.3) is 0 Å². The predicted octanol–water partition coefficient (Wildman–Crippen LogP) is 1.27. The number of aliphatic hydroxyl groups is 1. The van der Waals surface area contributed by atoms with Crippen molar-refractivity contribution in [2.75, 3.05) is 0 Å². The topological polar surface area (TPSA) is 46.2 Å². The van der Waals surface area contributed by atoms with Gasteiger partial charge in [-0.1, -0.05) is 6.92 Å². The quantitative estimate of drug-likeness (QED) is 0.602. The van der Waals surface area contributed by atoms with E-state index in [1.54, 1.807) is 0 Å². The van der Waals surface area contributed by atoms with Gasteiger partial charge in [-0.15, -0.1) is 0 Å². The molecule has 2 heteroatoms. The van der Waals surface area contributed by atoms with Gasteiger partial charge in [0.05, 0.1) is 6.10 Å². The highest BCUT2D eigenvalue weighted by Gasteiger charge is 2.33. The van der Waals surface area contributed by atoms with Crippen LogP contribution in [-0.4, -0.2) is 17.3 Å². The number of hydrogen-bond donors (Lipinski definition) is 2. The fourth-order valence-electron chi connectivity index (χ4n) is 1.72. The summed E-state index contributed by atoms with van der Waals surface area (Å²) in [6.45, 7) is 4.04. The standard InChI is InChI=1S/C9H19NO/c1-7(11)9(2)5-3-8(10)4-6-9/h7-8,11H,3-6,10H2,1-2H3/t7-,8?,9?/m0/s1. The zero-order chi connectivity index (χ0) is 8.48. The van der Waals surface area contributed by atoms with Gasteiger partial charge in [-0.3, -0.25) is 0 Å². The lowest BCUT2D eigenvalue weighted by molar-refractivity contribution is 0.0198. The second-order valence-corrected chi connectivity index (χ2v) is 4.17. The van der Waals surface area contributed by atoms with Crippen LogP contribution >= 0.6 is 0 Å². The van der Waals surface area contributed by atoms with Crippen LogP contribution in [0.2, 0.25) is 0 Å². The van der Waals surface area contributed by atoms with E-state index in [-0.39, 0.29) is 11.5 Å². The molecule has 0 aromatic rings. The Kier molecular flexibility index (Phi) is 2.55. The SMILES string of the molecule is C[C@H](O)C1(C)CCC(N)CC1. The Hall–Kier alpha value is -0.0800. The van der Waals surface area contributed by atoms with E-state index in [1.807, 2.05) is 6.92 Å². The Bertz CT molecular complexity index is 126. The van der Waals surface area contributed by atoms with Gasteiger partial charge in [-0.05, 0) is 38.0 Å². The minimum Gasteiger partial charge on any atom is -0.393 e. The molecule has 1 fully saturated rings. The Morgan fingerprint density at radius 3 is 2.27 bits per heavy atom. The normalized spacial score (nSPS) is 42.0. The van der Waals surface area contributed by atoms with Gasteiger partial charge >= 0.3 is 0 Å². The van der Waals surface area contributed by atoms with E-state index >= 15 is 0 Å². The maximum Gasteiger partial charge on any atom is 0.0565 e. The first-order chi connectivity index (χ1) is 5.04. The van der Waals surface area contributed by atoms with E-state index < -0.39 is 0 Å². The van der Waals surface area contributed by atoms with Gasteiger partial charge < -0.3 is 10.8 Å². The van der Waals surface area contributed by atoms with Crippen LogP contribution in [0.4, 0.5) is 0 Å². The first-order valence-electron chi connectivity index (χ1n) is 4.48. The molecule has 0 aliphatic heterocycles. The minimum absolute atomic E-state index is 0.135. The maximum absolute atomic E-state index is 9.48. The van der Waals surface area contributed by atoms with Crippen molar-refractivity contribution in [2.24, 2.45) is 11.1 Å². The molecule has 0 bridgehead atoms. The second-order valence-electron chi connectivity index (χ2n) is 4.17. The highest BCUT2D eigenvalue weighted by atomic mass is 16.3. The van der Waals surface area contributed by atoms with E-state index in [0.29, 0.717) is 6.04 Å². The highest BCUT2D eigenvalue weighted by molar-refractivity contribution is 4.86. The van der Waals surface area contributed by atoms with Gasteiger partial charge in [0.15, 0.2) is 0 Å². The van der Waals surface area contributed by atoms with Crippen molar-refractivity contribution < 1.29 is 5.11 Å². The summed E-state index contributed by atoms with van der Waals surface area (Å²) in [6, 6.07) is 0.377. The Morgan fingerprint density at radius 1 is 1.45 bits per heavy atom. The fourth-order valence-corrected chi connectivity index (χ4v) is 1.72. The van der Waals surface area contributed by atoms with E-state index in [2.05, 4.69) is 6.92 Å². The zero-order valence-electron chi connectivity index (χ0n) is 7.51. The first-order valence-corrected chi connectivity index (χ1v) is 4.48. The molecule has 0 unspecified atom stereocenters. The average Bonchev–Trinajstić information content (AvgIpc) is 1.95. The van der Waals surface area contributed by atoms with Crippen molar-refractivity contribution in [3.8, 4) is 0 Å². The van der Waals surface area contributed by atoms with E-state index in [9.17, 15) is 5.11 Å². The van der Waals surface area contributed by atoms with Crippen LogP contribution in [0, 0.1) is 5.41 Å². The van der Waals surface area contributed by atoms with Crippen molar-refractivity contribution in [3.63, 3.8) is 0 Å². The lowest BCUT2D eigenvalue weighted by Gasteiger charge is -2.38. The lowest BCUT2D eigenvalue weighted by atomic mass is 9.71. The van der Waals surface area contributed by atoms with Gasteiger partial charge in [0.2, 0.25) is 0 Å². The molecule has 3 N–H and O–H groups in total. The van der Waals surface area contributed by atoms with Crippen LogP contribution in [0.3, 0.4) is 0 Å². The minimum atomic E-state index is -0.185. The molecule has 11 heavy (non-hydrogen) atoms. The smallest absolute Gasteiger partial charge is 0.0565 e. The van der Waals surface area contributed by atoms with Crippen LogP contribution in [0.5, 0.6) is 0 Å². The summed E-state index contributed by atoms with van der Waals surface area (Å²) in [7, 11) is 0. The number of hydrogen-bond acceptors (Lipinski definition) is 2. The van der Waals surface area contributed by atoms with Gasteiger partial charge in [0.1, 0.15) is 0 Å². The molecule has 66 valence electrons.